The van der Waals surface area contributed by atoms with Gasteiger partial charge in [0.2, 0.25) is 0 Å². The lowest BCUT2D eigenvalue weighted by molar-refractivity contribution is 0.0910. The molecule has 3 aromatic rings. The van der Waals surface area contributed by atoms with Crippen molar-refractivity contribution in [2.75, 3.05) is 0 Å². The zero-order valence-corrected chi connectivity index (χ0v) is 20.5. The van der Waals surface area contributed by atoms with Crippen molar-refractivity contribution in [1.82, 2.24) is 10.6 Å². The fraction of sp³-hybridized carbons (Fsp3) is 0.310. The highest BCUT2D eigenvalue weighted by Crippen LogP contribution is 2.17. The van der Waals surface area contributed by atoms with E-state index in [-0.39, 0.29) is 24.5 Å². The van der Waals surface area contributed by atoms with E-state index in [1.165, 1.54) is 0 Å². The second-order valence-electron chi connectivity index (χ2n) is 9.64. The lowest BCUT2D eigenvalue weighted by atomic mass is 9.93. The molecule has 0 bridgehead atoms. The molecular weight excluding hydrogens is 440 g/mol. The van der Waals surface area contributed by atoms with Gasteiger partial charge in [0, 0.05) is 17.5 Å². The van der Waals surface area contributed by atoms with Crippen LogP contribution in [0.3, 0.4) is 0 Å². The van der Waals surface area contributed by atoms with Crippen LogP contribution in [0.15, 0.2) is 84.9 Å². The van der Waals surface area contributed by atoms with E-state index in [0.29, 0.717) is 17.5 Å². The predicted octanol–water partition coefficient (Wildman–Crippen LogP) is 4.66. The minimum atomic E-state index is -0.942. The van der Waals surface area contributed by atoms with Gasteiger partial charge < -0.3 is 20.5 Å². The molecule has 0 fully saturated rings. The Morgan fingerprint density at radius 1 is 0.829 bits per heavy atom. The van der Waals surface area contributed by atoms with Crippen LogP contribution in [0.1, 0.15) is 47.8 Å². The number of nitrogens with one attached hydrogen (secondary N) is 2. The maximum atomic E-state index is 12.8. The first-order valence-electron chi connectivity index (χ1n) is 11.8. The summed E-state index contributed by atoms with van der Waals surface area (Å²) in [4.78, 5) is 25.4. The molecule has 0 aliphatic carbocycles. The standard InChI is InChI=1S/C29H34N2O4/c1-29(2,3)31-27(33)24-17-11-10-16-23(24)19-26(32)25(18-21-12-6-4-7-13-21)30-28(34)35-20-22-14-8-5-9-15-22/h4-17,25-26,32H,18-20H2,1-3H3,(H,30,34)(H,31,33)/t25?,26-/m0/s1. The van der Waals surface area contributed by atoms with Crippen molar-refractivity contribution in [2.24, 2.45) is 0 Å². The lowest BCUT2D eigenvalue weighted by Crippen LogP contribution is -2.46. The molecule has 6 nitrogen and oxygen atoms in total. The first-order valence-corrected chi connectivity index (χ1v) is 11.8. The number of carbonyl (C=O) groups excluding carboxylic acids is 2. The highest BCUT2D eigenvalue weighted by molar-refractivity contribution is 5.96. The topological polar surface area (TPSA) is 87.7 Å². The third kappa shape index (κ3) is 8.58. The predicted molar refractivity (Wildman–Crippen MR) is 137 cm³/mol. The number of benzene rings is 3. The molecule has 35 heavy (non-hydrogen) atoms. The van der Waals surface area contributed by atoms with E-state index in [1.807, 2.05) is 93.6 Å². The quantitative estimate of drug-likeness (QED) is 0.421. The number of aliphatic hydroxyl groups excluding tert-OH is 1. The van der Waals surface area contributed by atoms with Gasteiger partial charge in [-0.2, -0.15) is 0 Å². The maximum absolute atomic E-state index is 12.8. The van der Waals surface area contributed by atoms with Crippen LogP contribution in [0.5, 0.6) is 0 Å². The number of ether oxygens (including phenoxy) is 1. The second kappa shape index (κ2) is 12.2. The molecule has 0 spiro atoms. The largest absolute Gasteiger partial charge is 0.445 e. The molecule has 3 rings (SSSR count). The summed E-state index contributed by atoms with van der Waals surface area (Å²) in [5, 5.41) is 17.0. The fourth-order valence-corrected chi connectivity index (χ4v) is 3.76. The molecular formula is C29H34N2O4. The molecule has 2 amide bonds. The minimum Gasteiger partial charge on any atom is -0.445 e. The number of hydrogen-bond donors (Lipinski definition) is 3. The van der Waals surface area contributed by atoms with Crippen LogP contribution < -0.4 is 10.6 Å². The average molecular weight is 475 g/mol. The molecule has 6 heteroatoms. The third-order valence-corrected chi connectivity index (χ3v) is 5.46. The summed E-state index contributed by atoms with van der Waals surface area (Å²) in [6.45, 7) is 5.90. The summed E-state index contributed by atoms with van der Waals surface area (Å²) in [5.41, 5.74) is 2.68. The van der Waals surface area contributed by atoms with Gasteiger partial charge in [-0.1, -0.05) is 78.9 Å². The van der Waals surface area contributed by atoms with E-state index < -0.39 is 18.2 Å². The van der Waals surface area contributed by atoms with Crippen molar-refractivity contribution in [2.45, 2.75) is 57.9 Å². The van der Waals surface area contributed by atoms with Crippen LogP contribution >= 0.6 is 0 Å². The van der Waals surface area contributed by atoms with Crippen molar-refractivity contribution in [3.8, 4) is 0 Å². The Morgan fingerprint density at radius 2 is 1.40 bits per heavy atom. The summed E-state index contributed by atoms with van der Waals surface area (Å²) in [5.74, 6) is -0.199. The van der Waals surface area contributed by atoms with Gasteiger partial charge in [-0.05, 0) is 49.9 Å². The number of carbonyl (C=O) groups is 2. The zero-order valence-electron chi connectivity index (χ0n) is 20.5. The monoisotopic (exact) mass is 474 g/mol. The van der Waals surface area contributed by atoms with Crippen molar-refractivity contribution < 1.29 is 19.4 Å². The van der Waals surface area contributed by atoms with Crippen LogP contribution in [0, 0.1) is 0 Å². The summed E-state index contributed by atoms with van der Waals surface area (Å²) < 4.78 is 5.39. The molecule has 3 N–H and O–H groups in total. The molecule has 3 aromatic carbocycles. The smallest absolute Gasteiger partial charge is 0.407 e. The maximum Gasteiger partial charge on any atom is 0.407 e. The van der Waals surface area contributed by atoms with E-state index >= 15 is 0 Å². The van der Waals surface area contributed by atoms with E-state index in [1.54, 1.807) is 12.1 Å². The summed E-state index contributed by atoms with van der Waals surface area (Å²) in [6.07, 6.45) is -0.932. The van der Waals surface area contributed by atoms with E-state index in [0.717, 1.165) is 11.1 Å². The number of amides is 2. The van der Waals surface area contributed by atoms with Gasteiger partial charge in [0.25, 0.3) is 5.91 Å². The van der Waals surface area contributed by atoms with E-state index in [4.69, 9.17) is 4.74 Å². The normalized spacial score (nSPS) is 12.9. The van der Waals surface area contributed by atoms with Gasteiger partial charge in [-0.25, -0.2) is 4.79 Å². The Bertz CT molecular complexity index is 1090. The summed E-state index contributed by atoms with van der Waals surface area (Å²) >= 11 is 0. The van der Waals surface area contributed by atoms with Crippen molar-refractivity contribution in [3.05, 3.63) is 107 Å². The fourth-order valence-electron chi connectivity index (χ4n) is 3.76. The highest BCUT2D eigenvalue weighted by Gasteiger charge is 2.25. The van der Waals surface area contributed by atoms with Gasteiger partial charge in [0.05, 0.1) is 12.1 Å². The Hall–Kier alpha value is -3.64. The summed E-state index contributed by atoms with van der Waals surface area (Å²) in [6, 6.07) is 25.7. The van der Waals surface area contributed by atoms with Crippen LogP contribution in [-0.4, -0.2) is 34.8 Å². The van der Waals surface area contributed by atoms with Crippen LogP contribution in [-0.2, 0) is 24.2 Å². The molecule has 0 aliphatic rings. The van der Waals surface area contributed by atoms with Crippen LogP contribution in [0.2, 0.25) is 0 Å². The summed E-state index contributed by atoms with van der Waals surface area (Å²) in [7, 11) is 0. The molecule has 2 atom stereocenters. The third-order valence-electron chi connectivity index (χ3n) is 5.46. The van der Waals surface area contributed by atoms with Crippen molar-refractivity contribution in [1.29, 1.82) is 0 Å². The molecule has 0 aliphatic heterocycles. The average Bonchev–Trinajstić information content (AvgIpc) is 2.83. The van der Waals surface area contributed by atoms with Gasteiger partial charge in [0.1, 0.15) is 6.61 Å². The Labute approximate surface area is 207 Å². The van der Waals surface area contributed by atoms with Crippen LogP contribution in [0.25, 0.3) is 0 Å². The molecule has 0 saturated heterocycles. The van der Waals surface area contributed by atoms with Gasteiger partial charge in [0.15, 0.2) is 0 Å². The number of hydrogen-bond acceptors (Lipinski definition) is 4. The molecule has 0 radical (unpaired) electrons. The van der Waals surface area contributed by atoms with Crippen molar-refractivity contribution >= 4 is 12.0 Å². The second-order valence-corrected chi connectivity index (χ2v) is 9.64. The number of rotatable bonds is 9. The van der Waals surface area contributed by atoms with Gasteiger partial charge in [-0.15, -0.1) is 0 Å². The Morgan fingerprint density at radius 3 is 2.03 bits per heavy atom. The highest BCUT2D eigenvalue weighted by atomic mass is 16.5. The van der Waals surface area contributed by atoms with Gasteiger partial charge in [-0.3, -0.25) is 4.79 Å². The molecule has 0 aromatic heterocycles. The first kappa shape index (κ1) is 26.0. The lowest BCUT2D eigenvalue weighted by Gasteiger charge is -2.26. The zero-order chi connectivity index (χ0) is 25.3. The Kier molecular flexibility index (Phi) is 9.04. The van der Waals surface area contributed by atoms with Crippen molar-refractivity contribution in [3.63, 3.8) is 0 Å². The molecule has 0 saturated carbocycles. The van der Waals surface area contributed by atoms with Gasteiger partial charge >= 0.3 is 6.09 Å². The molecule has 184 valence electrons. The SMILES string of the molecule is CC(C)(C)NC(=O)c1ccccc1C[C@H](O)C(Cc1ccccc1)NC(=O)OCc1ccccc1. The number of aliphatic hydroxyl groups is 1. The molecule has 0 heterocycles. The molecule has 1 unspecified atom stereocenters. The first-order chi connectivity index (χ1) is 16.7. The minimum absolute atomic E-state index is 0.136. The van der Waals surface area contributed by atoms with E-state index in [2.05, 4.69) is 10.6 Å². The van der Waals surface area contributed by atoms with Crippen LogP contribution in [0.4, 0.5) is 4.79 Å². The van der Waals surface area contributed by atoms with E-state index in [9.17, 15) is 14.7 Å². The number of alkyl carbamates (subject to hydrolysis) is 1. The Balaban J connectivity index is 1.74.